The summed E-state index contributed by atoms with van der Waals surface area (Å²) in [6, 6.07) is 18.4. The maximum Gasteiger partial charge on any atom is 0.328 e. The van der Waals surface area contributed by atoms with Crippen LogP contribution >= 0.6 is 0 Å². The highest BCUT2D eigenvalue weighted by Crippen LogP contribution is 2.09. The van der Waals surface area contributed by atoms with Gasteiger partial charge in [-0.15, -0.1) is 0 Å². The van der Waals surface area contributed by atoms with Crippen LogP contribution in [0.15, 0.2) is 60.7 Å². The van der Waals surface area contributed by atoms with Crippen LogP contribution < -0.4 is 5.32 Å². The average Bonchev–Trinajstić information content (AvgIpc) is 2.60. The molecule has 2 aromatic rings. The minimum absolute atomic E-state index is 0.173. The number of ether oxygens (including phenoxy) is 1. The highest BCUT2D eigenvalue weighted by molar-refractivity contribution is 5.85. The Kier molecular flexibility index (Phi) is 7.20. The molecule has 0 saturated heterocycles. The fourth-order valence-corrected chi connectivity index (χ4v) is 2.54. The summed E-state index contributed by atoms with van der Waals surface area (Å²) in [5.74, 6) is -0.293. The van der Waals surface area contributed by atoms with E-state index < -0.39 is 6.04 Å². The predicted molar refractivity (Wildman–Crippen MR) is 97.8 cm³/mol. The fraction of sp³-hybridized carbons (Fsp3) is 0.333. The highest BCUT2D eigenvalue weighted by Gasteiger charge is 2.23. The first-order valence-corrected chi connectivity index (χ1v) is 8.58. The zero-order valence-electron chi connectivity index (χ0n) is 14.8. The summed E-state index contributed by atoms with van der Waals surface area (Å²) in [4.78, 5) is 24.7. The zero-order chi connectivity index (χ0) is 18.1. The number of hydrogen-bond donors (Lipinski definition) is 1. The van der Waals surface area contributed by atoms with Gasteiger partial charge in [0.1, 0.15) is 12.6 Å². The molecule has 4 nitrogen and oxygen atoms in total. The second-order valence-electron chi connectivity index (χ2n) is 6.51. The maximum absolute atomic E-state index is 12.4. The smallest absolute Gasteiger partial charge is 0.328 e. The van der Waals surface area contributed by atoms with Crippen LogP contribution in [0.1, 0.15) is 31.4 Å². The lowest BCUT2D eigenvalue weighted by molar-refractivity contribution is -0.149. The Balaban J connectivity index is 1.92. The molecular formula is C21H25NO3. The van der Waals surface area contributed by atoms with Gasteiger partial charge in [-0.3, -0.25) is 4.79 Å². The summed E-state index contributed by atoms with van der Waals surface area (Å²) < 4.78 is 5.39. The van der Waals surface area contributed by atoms with Gasteiger partial charge in [0.2, 0.25) is 5.91 Å². The van der Waals surface area contributed by atoms with Gasteiger partial charge in [0.05, 0.1) is 6.42 Å². The molecule has 0 bridgehead atoms. The van der Waals surface area contributed by atoms with E-state index in [1.807, 2.05) is 74.5 Å². The Labute approximate surface area is 149 Å². The molecule has 2 aromatic carbocycles. The Bertz CT molecular complexity index is 668. The van der Waals surface area contributed by atoms with E-state index in [0.717, 1.165) is 11.1 Å². The first-order chi connectivity index (χ1) is 12.0. The van der Waals surface area contributed by atoms with E-state index in [1.54, 1.807) is 0 Å². The topological polar surface area (TPSA) is 55.4 Å². The minimum atomic E-state index is -0.625. The third-order valence-corrected chi connectivity index (χ3v) is 3.76. The van der Waals surface area contributed by atoms with Crippen molar-refractivity contribution in [1.29, 1.82) is 0 Å². The van der Waals surface area contributed by atoms with Crippen LogP contribution in [0.2, 0.25) is 0 Å². The standard InChI is InChI=1S/C21H25NO3/c1-16(2)13-19(21(24)25-15-18-11-7-4-8-12-18)22-20(23)14-17-9-5-3-6-10-17/h3-12,16,19H,13-15H2,1-2H3,(H,22,23). The van der Waals surface area contributed by atoms with Gasteiger partial charge >= 0.3 is 5.97 Å². The lowest BCUT2D eigenvalue weighted by atomic mass is 10.0. The second-order valence-corrected chi connectivity index (χ2v) is 6.51. The summed E-state index contributed by atoms with van der Waals surface area (Å²) in [7, 11) is 0. The molecule has 0 spiro atoms. The van der Waals surface area contributed by atoms with Crippen LogP contribution in [0.25, 0.3) is 0 Å². The van der Waals surface area contributed by atoms with Gasteiger partial charge in [-0.1, -0.05) is 74.5 Å². The molecule has 1 unspecified atom stereocenters. The molecule has 1 atom stereocenters. The number of hydrogen-bond acceptors (Lipinski definition) is 3. The van der Waals surface area contributed by atoms with Gasteiger partial charge < -0.3 is 10.1 Å². The minimum Gasteiger partial charge on any atom is -0.459 e. The van der Waals surface area contributed by atoms with Gasteiger partial charge in [-0.05, 0) is 23.5 Å². The number of nitrogens with one attached hydrogen (secondary N) is 1. The first kappa shape index (κ1) is 18.7. The third-order valence-electron chi connectivity index (χ3n) is 3.76. The van der Waals surface area contributed by atoms with E-state index in [2.05, 4.69) is 5.32 Å². The molecule has 1 N–H and O–H groups in total. The Morgan fingerprint density at radius 2 is 1.48 bits per heavy atom. The molecule has 1 amide bonds. The summed E-state index contributed by atoms with van der Waals surface area (Å²) in [6.45, 7) is 4.24. The number of benzene rings is 2. The van der Waals surface area contributed by atoms with Crippen molar-refractivity contribution in [3.63, 3.8) is 0 Å². The molecule has 4 heteroatoms. The summed E-state index contributed by atoms with van der Waals surface area (Å²) in [5, 5.41) is 2.82. The second kappa shape index (κ2) is 9.62. The van der Waals surface area contributed by atoms with E-state index in [9.17, 15) is 9.59 Å². The highest BCUT2D eigenvalue weighted by atomic mass is 16.5. The van der Waals surface area contributed by atoms with E-state index in [0.29, 0.717) is 6.42 Å². The van der Waals surface area contributed by atoms with Crippen molar-refractivity contribution in [3.8, 4) is 0 Å². The summed E-state index contributed by atoms with van der Waals surface area (Å²) in [5.41, 5.74) is 1.84. The largest absolute Gasteiger partial charge is 0.459 e. The molecule has 25 heavy (non-hydrogen) atoms. The molecule has 0 aliphatic carbocycles. The van der Waals surface area contributed by atoms with Crippen LogP contribution in [0, 0.1) is 5.92 Å². The average molecular weight is 339 g/mol. The number of esters is 1. The summed E-state index contributed by atoms with van der Waals surface area (Å²) in [6.07, 6.45) is 0.801. The van der Waals surface area contributed by atoms with Crippen LogP contribution in [0.5, 0.6) is 0 Å². The lowest BCUT2D eigenvalue weighted by Gasteiger charge is -2.19. The summed E-state index contributed by atoms with van der Waals surface area (Å²) >= 11 is 0. The number of amides is 1. The van der Waals surface area contributed by atoms with Crippen molar-refractivity contribution in [2.75, 3.05) is 0 Å². The van der Waals surface area contributed by atoms with Crippen molar-refractivity contribution in [1.82, 2.24) is 5.32 Å². The molecule has 0 heterocycles. The van der Waals surface area contributed by atoms with E-state index >= 15 is 0 Å². The van der Waals surface area contributed by atoms with Crippen molar-refractivity contribution in [2.45, 2.75) is 39.3 Å². The van der Waals surface area contributed by atoms with Crippen LogP contribution in [0.4, 0.5) is 0 Å². The predicted octanol–water partition coefficient (Wildman–Crippen LogP) is 3.50. The Morgan fingerprint density at radius 3 is 2.04 bits per heavy atom. The molecule has 0 saturated carbocycles. The third kappa shape index (κ3) is 6.79. The normalized spacial score (nSPS) is 11.8. The zero-order valence-corrected chi connectivity index (χ0v) is 14.8. The lowest BCUT2D eigenvalue weighted by Crippen LogP contribution is -2.43. The van der Waals surface area contributed by atoms with Crippen LogP contribution in [-0.4, -0.2) is 17.9 Å². The fourth-order valence-electron chi connectivity index (χ4n) is 2.54. The van der Waals surface area contributed by atoms with Crippen molar-refractivity contribution < 1.29 is 14.3 Å². The quantitative estimate of drug-likeness (QED) is 0.749. The van der Waals surface area contributed by atoms with Crippen molar-refractivity contribution >= 4 is 11.9 Å². The number of carbonyl (C=O) groups excluding carboxylic acids is 2. The van der Waals surface area contributed by atoms with Gasteiger partial charge in [-0.25, -0.2) is 4.79 Å². The molecule has 132 valence electrons. The van der Waals surface area contributed by atoms with Gasteiger partial charge in [-0.2, -0.15) is 0 Å². The molecular weight excluding hydrogens is 314 g/mol. The van der Waals surface area contributed by atoms with E-state index in [4.69, 9.17) is 4.74 Å². The molecule has 0 aliphatic heterocycles. The van der Waals surface area contributed by atoms with Crippen LogP contribution in [0.3, 0.4) is 0 Å². The molecule has 0 aliphatic rings. The molecule has 0 aromatic heterocycles. The molecule has 0 fully saturated rings. The first-order valence-electron chi connectivity index (χ1n) is 8.58. The van der Waals surface area contributed by atoms with Crippen molar-refractivity contribution in [2.24, 2.45) is 5.92 Å². The maximum atomic E-state index is 12.4. The van der Waals surface area contributed by atoms with Gasteiger partial charge in [0.25, 0.3) is 0 Å². The molecule has 2 rings (SSSR count). The van der Waals surface area contributed by atoms with E-state index in [1.165, 1.54) is 0 Å². The number of rotatable bonds is 8. The Morgan fingerprint density at radius 1 is 0.920 bits per heavy atom. The van der Waals surface area contributed by atoms with Crippen molar-refractivity contribution in [3.05, 3.63) is 71.8 Å². The Hall–Kier alpha value is -2.62. The van der Waals surface area contributed by atoms with Crippen LogP contribution in [-0.2, 0) is 27.4 Å². The van der Waals surface area contributed by atoms with Gasteiger partial charge in [0.15, 0.2) is 0 Å². The monoisotopic (exact) mass is 339 g/mol. The number of carbonyl (C=O) groups is 2. The van der Waals surface area contributed by atoms with E-state index in [-0.39, 0.29) is 30.8 Å². The SMILES string of the molecule is CC(C)CC(NC(=O)Cc1ccccc1)C(=O)OCc1ccccc1. The van der Waals surface area contributed by atoms with Gasteiger partial charge in [0, 0.05) is 0 Å². The molecule has 0 radical (unpaired) electrons.